The molecule has 0 atom stereocenters. The standard InChI is InChI=1S/C10H13BrN2O2S/c11-9-2-1-8(7-10(9)12)13-3-5-16(14,15)6-4-13/h1-2,7H,3-6,12H2. The minimum atomic E-state index is -2.82. The lowest BCUT2D eigenvalue weighted by atomic mass is 10.2. The maximum atomic E-state index is 11.3. The summed E-state index contributed by atoms with van der Waals surface area (Å²) in [6, 6.07) is 5.69. The largest absolute Gasteiger partial charge is 0.398 e. The molecule has 2 rings (SSSR count). The topological polar surface area (TPSA) is 63.4 Å². The van der Waals surface area contributed by atoms with Crippen molar-refractivity contribution >= 4 is 37.1 Å². The first-order valence-corrected chi connectivity index (χ1v) is 7.60. The second-order valence-corrected chi connectivity index (χ2v) is 7.00. The van der Waals surface area contributed by atoms with Gasteiger partial charge >= 0.3 is 0 Å². The lowest BCUT2D eigenvalue weighted by Gasteiger charge is -2.29. The fourth-order valence-corrected chi connectivity index (χ4v) is 3.15. The molecule has 1 aromatic rings. The van der Waals surface area contributed by atoms with Crippen molar-refractivity contribution in [1.82, 2.24) is 0 Å². The molecule has 4 nitrogen and oxygen atoms in total. The zero-order chi connectivity index (χ0) is 11.8. The van der Waals surface area contributed by atoms with Crippen molar-refractivity contribution < 1.29 is 8.42 Å². The summed E-state index contributed by atoms with van der Waals surface area (Å²) in [4.78, 5) is 2.05. The Bertz CT molecular complexity index is 488. The molecule has 0 radical (unpaired) electrons. The van der Waals surface area contributed by atoms with Crippen LogP contribution in [-0.4, -0.2) is 33.0 Å². The summed E-state index contributed by atoms with van der Waals surface area (Å²) >= 11 is 3.33. The van der Waals surface area contributed by atoms with E-state index in [0.29, 0.717) is 18.8 Å². The van der Waals surface area contributed by atoms with Crippen molar-refractivity contribution in [3.63, 3.8) is 0 Å². The quantitative estimate of drug-likeness (QED) is 0.794. The van der Waals surface area contributed by atoms with E-state index in [1.165, 1.54) is 0 Å². The van der Waals surface area contributed by atoms with Crippen LogP contribution < -0.4 is 10.6 Å². The maximum absolute atomic E-state index is 11.3. The van der Waals surface area contributed by atoms with E-state index in [-0.39, 0.29) is 11.5 Å². The highest BCUT2D eigenvalue weighted by Gasteiger charge is 2.21. The smallest absolute Gasteiger partial charge is 0.153 e. The van der Waals surface area contributed by atoms with Crippen LogP contribution in [-0.2, 0) is 9.84 Å². The van der Waals surface area contributed by atoms with E-state index in [9.17, 15) is 8.42 Å². The number of anilines is 2. The third-order valence-corrected chi connectivity index (χ3v) is 5.02. The first kappa shape index (κ1) is 11.7. The highest BCUT2D eigenvalue weighted by Crippen LogP contribution is 2.26. The molecule has 0 aromatic heterocycles. The Morgan fingerprint density at radius 2 is 1.88 bits per heavy atom. The van der Waals surface area contributed by atoms with Gasteiger partial charge < -0.3 is 10.6 Å². The van der Waals surface area contributed by atoms with E-state index in [2.05, 4.69) is 15.9 Å². The molecular formula is C10H13BrN2O2S. The molecule has 2 N–H and O–H groups in total. The van der Waals surface area contributed by atoms with Gasteiger partial charge in [-0.3, -0.25) is 0 Å². The van der Waals surface area contributed by atoms with E-state index in [1.54, 1.807) is 0 Å². The normalized spacial score (nSPS) is 19.7. The molecular weight excluding hydrogens is 292 g/mol. The number of halogens is 1. The number of sulfone groups is 1. The van der Waals surface area contributed by atoms with Gasteiger partial charge in [0.25, 0.3) is 0 Å². The molecule has 16 heavy (non-hydrogen) atoms. The van der Waals surface area contributed by atoms with Gasteiger partial charge in [-0.15, -0.1) is 0 Å². The number of hydrogen-bond donors (Lipinski definition) is 1. The van der Waals surface area contributed by atoms with Gasteiger partial charge in [-0.1, -0.05) is 0 Å². The molecule has 1 aliphatic rings. The lowest BCUT2D eigenvalue weighted by Crippen LogP contribution is -2.40. The minimum Gasteiger partial charge on any atom is -0.398 e. The van der Waals surface area contributed by atoms with Gasteiger partial charge in [-0.05, 0) is 34.1 Å². The summed E-state index contributed by atoms with van der Waals surface area (Å²) in [6.45, 7) is 1.09. The van der Waals surface area contributed by atoms with Gasteiger partial charge in [0.2, 0.25) is 0 Å². The Kier molecular flexibility index (Phi) is 3.12. The number of nitrogen functional groups attached to an aromatic ring is 1. The first-order valence-electron chi connectivity index (χ1n) is 4.98. The van der Waals surface area contributed by atoms with Crippen LogP contribution in [0.1, 0.15) is 0 Å². The molecule has 1 saturated heterocycles. The van der Waals surface area contributed by atoms with Crippen molar-refractivity contribution in [1.29, 1.82) is 0 Å². The predicted molar refractivity (Wildman–Crippen MR) is 69.4 cm³/mol. The number of rotatable bonds is 1. The third-order valence-electron chi connectivity index (χ3n) is 2.69. The van der Waals surface area contributed by atoms with Crippen molar-refractivity contribution in [2.24, 2.45) is 0 Å². The predicted octanol–water partition coefficient (Wildman–Crippen LogP) is 1.27. The van der Waals surface area contributed by atoms with E-state index in [1.807, 2.05) is 23.1 Å². The van der Waals surface area contributed by atoms with Gasteiger partial charge in [-0.25, -0.2) is 8.42 Å². The summed E-state index contributed by atoms with van der Waals surface area (Å²) < 4.78 is 23.4. The summed E-state index contributed by atoms with van der Waals surface area (Å²) in [5.41, 5.74) is 7.44. The van der Waals surface area contributed by atoms with Crippen LogP contribution in [0.25, 0.3) is 0 Å². The summed E-state index contributed by atoms with van der Waals surface area (Å²) in [6.07, 6.45) is 0. The van der Waals surface area contributed by atoms with Crippen molar-refractivity contribution in [2.45, 2.75) is 0 Å². The molecule has 0 saturated carbocycles. The van der Waals surface area contributed by atoms with Gasteiger partial charge in [0.05, 0.1) is 11.5 Å². The molecule has 6 heteroatoms. The monoisotopic (exact) mass is 304 g/mol. The number of nitrogens with zero attached hydrogens (tertiary/aromatic N) is 1. The highest BCUT2D eigenvalue weighted by molar-refractivity contribution is 9.10. The lowest BCUT2D eigenvalue weighted by molar-refractivity contribution is 0.587. The Morgan fingerprint density at radius 3 is 2.44 bits per heavy atom. The van der Waals surface area contributed by atoms with E-state index < -0.39 is 9.84 Å². The molecule has 88 valence electrons. The number of benzene rings is 1. The molecule has 0 unspecified atom stereocenters. The van der Waals surface area contributed by atoms with Crippen molar-refractivity contribution in [3.8, 4) is 0 Å². The van der Waals surface area contributed by atoms with Crippen LogP contribution in [0.15, 0.2) is 22.7 Å². The Morgan fingerprint density at radius 1 is 1.25 bits per heavy atom. The average molecular weight is 305 g/mol. The van der Waals surface area contributed by atoms with Gasteiger partial charge in [0.1, 0.15) is 0 Å². The Balaban J connectivity index is 2.17. The van der Waals surface area contributed by atoms with Crippen LogP contribution in [0.4, 0.5) is 11.4 Å². The van der Waals surface area contributed by atoms with Crippen molar-refractivity contribution in [2.75, 3.05) is 35.2 Å². The van der Waals surface area contributed by atoms with E-state index >= 15 is 0 Å². The molecule has 0 amide bonds. The highest BCUT2D eigenvalue weighted by atomic mass is 79.9. The number of hydrogen-bond acceptors (Lipinski definition) is 4. The average Bonchev–Trinajstić information content (AvgIpc) is 2.22. The SMILES string of the molecule is Nc1cc(N2CCS(=O)(=O)CC2)ccc1Br. The fourth-order valence-electron chi connectivity index (χ4n) is 1.70. The zero-order valence-electron chi connectivity index (χ0n) is 8.69. The fraction of sp³-hybridized carbons (Fsp3) is 0.400. The van der Waals surface area contributed by atoms with Gasteiger partial charge in [-0.2, -0.15) is 0 Å². The van der Waals surface area contributed by atoms with Gasteiger partial charge in [0, 0.05) is 28.9 Å². The van der Waals surface area contributed by atoms with Gasteiger partial charge in [0.15, 0.2) is 9.84 Å². The second-order valence-electron chi connectivity index (χ2n) is 3.84. The molecule has 0 aliphatic carbocycles. The van der Waals surface area contributed by atoms with Crippen molar-refractivity contribution in [3.05, 3.63) is 22.7 Å². The molecule has 1 aliphatic heterocycles. The maximum Gasteiger partial charge on any atom is 0.153 e. The summed E-state index contributed by atoms with van der Waals surface area (Å²) in [7, 11) is -2.82. The first-order chi connectivity index (χ1) is 7.48. The summed E-state index contributed by atoms with van der Waals surface area (Å²) in [5, 5.41) is 0. The zero-order valence-corrected chi connectivity index (χ0v) is 11.1. The number of nitrogens with two attached hydrogens (primary N) is 1. The Hall–Kier alpha value is -0.750. The molecule has 1 fully saturated rings. The summed E-state index contributed by atoms with van der Waals surface area (Å²) in [5.74, 6) is 0.450. The molecule has 0 spiro atoms. The molecule has 1 aromatic carbocycles. The third kappa shape index (κ3) is 2.49. The Labute approximate surface area is 103 Å². The van der Waals surface area contributed by atoms with Crippen LogP contribution in [0.2, 0.25) is 0 Å². The van der Waals surface area contributed by atoms with Crippen LogP contribution in [0.3, 0.4) is 0 Å². The molecule has 0 bridgehead atoms. The van der Waals surface area contributed by atoms with E-state index in [0.717, 1.165) is 10.2 Å². The van der Waals surface area contributed by atoms with Crippen LogP contribution in [0, 0.1) is 0 Å². The van der Waals surface area contributed by atoms with Crippen LogP contribution in [0.5, 0.6) is 0 Å². The van der Waals surface area contributed by atoms with Crippen LogP contribution >= 0.6 is 15.9 Å². The molecule has 1 heterocycles. The minimum absolute atomic E-state index is 0.225. The van der Waals surface area contributed by atoms with E-state index in [4.69, 9.17) is 5.73 Å². The second kappa shape index (κ2) is 4.25.